The molecule has 0 radical (unpaired) electrons. The Kier molecular flexibility index (Phi) is 4.10. The lowest BCUT2D eigenvalue weighted by Gasteiger charge is -2.14. The molecular formula is C15H16BrNO2. The maximum absolute atomic E-state index is 12.0. The smallest absolute Gasteiger partial charge is 0.287 e. The van der Waals surface area contributed by atoms with Crippen molar-refractivity contribution in [1.29, 1.82) is 0 Å². The van der Waals surface area contributed by atoms with Crippen molar-refractivity contribution in [2.75, 3.05) is 0 Å². The van der Waals surface area contributed by atoms with E-state index in [1.54, 1.807) is 12.1 Å². The number of hydrogen-bond donors (Lipinski definition) is 1. The van der Waals surface area contributed by atoms with E-state index in [1.165, 1.54) is 11.1 Å². The molecule has 1 N–H and O–H groups in total. The second-order valence-corrected chi connectivity index (χ2v) is 5.42. The highest BCUT2D eigenvalue weighted by molar-refractivity contribution is 9.10. The molecule has 0 aliphatic carbocycles. The summed E-state index contributed by atoms with van der Waals surface area (Å²) in [6.07, 6.45) is 0. The van der Waals surface area contributed by atoms with Crippen LogP contribution in [0.3, 0.4) is 0 Å². The zero-order valence-electron chi connectivity index (χ0n) is 11.2. The van der Waals surface area contributed by atoms with Crippen LogP contribution in [0.15, 0.2) is 39.4 Å². The molecule has 0 fully saturated rings. The Morgan fingerprint density at radius 1 is 1.21 bits per heavy atom. The van der Waals surface area contributed by atoms with Crippen LogP contribution in [0.2, 0.25) is 0 Å². The number of carbonyl (C=O) groups is 1. The van der Waals surface area contributed by atoms with Crippen molar-refractivity contribution >= 4 is 21.8 Å². The molecule has 2 rings (SSSR count). The van der Waals surface area contributed by atoms with Crippen LogP contribution in [-0.4, -0.2) is 5.91 Å². The maximum atomic E-state index is 12.0. The van der Waals surface area contributed by atoms with E-state index < -0.39 is 0 Å². The Balaban J connectivity index is 2.10. The van der Waals surface area contributed by atoms with E-state index in [0.29, 0.717) is 10.4 Å². The van der Waals surface area contributed by atoms with Crippen molar-refractivity contribution in [3.63, 3.8) is 0 Å². The molecule has 0 spiro atoms. The molecule has 0 bridgehead atoms. The molecule has 2 aromatic rings. The fraction of sp³-hybridized carbons (Fsp3) is 0.267. The van der Waals surface area contributed by atoms with Gasteiger partial charge < -0.3 is 9.73 Å². The second-order valence-electron chi connectivity index (χ2n) is 4.64. The van der Waals surface area contributed by atoms with Gasteiger partial charge in [0, 0.05) is 0 Å². The first-order valence-corrected chi connectivity index (χ1v) is 6.90. The van der Waals surface area contributed by atoms with Gasteiger partial charge in [-0.3, -0.25) is 4.79 Å². The molecule has 0 aliphatic rings. The van der Waals surface area contributed by atoms with Gasteiger partial charge in [0.15, 0.2) is 10.4 Å². The summed E-state index contributed by atoms with van der Waals surface area (Å²) in [5.41, 5.74) is 3.55. The SMILES string of the molecule is Cc1ccc([C@H](C)NC(=O)c2ccc(Br)o2)cc1C. The second kappa shape index (κ2) is 5.61. The highest BCUT2D eigenvalue weighted by Gasteiger charge is 2.14. The highest BCUT2D eigenvalue weighted by Crippen LogP contribution is 2.18. The number of rotatable bonds is 3. The molecule has 4 heteroatoms. The summed E-state index contributed by atoms with van der Waals surface area (Å²) in [4.78, 5) is 12.0. The third kappa shape index (κ3) is 3.26. The van der Waals surface area contributed by atoms with Crippen LogP contribution in [0.25, 0.3) is 0 Å². The van der Waals surface area contributed by atoms with Gasteiger partial charge in [0.1, 0.15) is 0 Å². The third-order valence-electron chi connectivity index (χ3n) is 3.18. The summed E-state index contributed by atoms with van der Waals surface area (Å²) in [6, 6.07) is 9.48. The van der Waals surface area contributed by atoms with Crippen molar-refractivity contribution in [2.45, 2.75) is 26.8 Å². The van der Waals surface area contributed by atoms with Crippen LogP contribution >= 0.6 is 15.9 Å². The number of amides is 1. The van der Waals surface area contributed by atoms with Crippen molar-refractivity contribution in [1.82, 2.24) is 5.32 Å². The van der Waals surface area contributed by atoms with Crippen LogP contribution in [-0.2, 0) is 0 Å². The topological polar surface area (TPSA) is 42.2 Å². The highest BCUT2D eigenvalue weighted by atomic mass is 79.9. The van der Waals surface area contributed by atoms with Gasteiger partial charge in [-0.2, -0.15) is 0 Å². The average molecular weight is 322 g/mol. The zero-order valence-corrected chi connectivity index (χ0v) is 12.7. The van der Waals surface area contributed by atoms with Gasteiger partial charge in [0.2, 0.25) is 0 Å². The van der Waals surface area contributed by atoms with Crippen molar-refractivity contribution in [3.8, 4) is 0 Å². The molecule has 1 heterocycles. The lowest BCUT2D eigenvalue weighted by Crippen LogP contribution is -2.26. The number of halogens is 1. The van der Waals surface area contributed by atoms with Gasteiger partial charge in [-0.1, -0.05) is 18.2 Å². The molecule has 0 saturated heterocycles. The zero-order chi connectivity index (χ0) is 14.0. The molecule has 0 unspecified atom stereocenters. The summed E-state index contributed by atoms with van der Waals surface area (Å²) in [5, 5.41) is 2.92. The number of furan rings is 1. The number of hydrogen-bond acceptors (Lipinski definition) is 2. The van der Waals surface area contributed by atoms with Crippen LogP contribution < -0.4 is 5.32 Å². The molecular weight excluding hydrogens is 306 g/mol. The van der Waals surface area contributed by atoms with Crippen LogP contribution in [0.4, 0.5) is 0 Å². The Hall–Kier alpha value is -1.55. The summed E-state index contributed by atoms with van der Waals surface area (Å²) in [6.45, 7) is 6.10. The number of carbonyl (C=O) groups excluding carboxylic acids is 1. The minimum atomic E-state index is -0.212. The van der Waals surface area contributed by atoms with E-state index in [1.807, 2.05) is 13.0 Å². The molecule has 3 nitrogen and oxygen atoms in total. The molecule has 0 aliphatic heterocycles. The van der Waals surface area contributed by atoms with Crippen molar-refractivity contribution in [3.05, 3.63) is 57.5 Å². The molecule has 100 valence electrons. The summed E-state index contributed by atoms with van der Waals surface area (Å²) < 4.78 is 5.78. The average Bonchev–Trinajstić information content (AvgIpc) is 2.79. The van der Waals surface area contributed by atoms with Gasteiger partial charge in [-0.15, -0.1) is 0 Å². The van der Waals surface area contributed by atoms with Crippen LogP contribution in [0, 0.1) is 13.8 Å². The Morgan fingerprint density at radius 2 is 1.95 bits per heavy atom. The first-order valence-electron chi connectivity index (χ1n) is 6.10. The first kappa shape index (κ1) is 13.9. The van der Waals surface area contributed by atoms with Crippen molar-refractivity contribution in [2.24, 2.45) is 0 Å². The Morgan fingerprint density at radius 3 is 2.53 bits per heavy atom. The van der Waals surface area contributed by atoms with E-state index >= 15 is 0 Å². The van der Waals surface area contributed by atoms with E-state index in [2.05, 4.69) is 47.2 Å². The molecule has 1 aromatic heterocycles. The standard InChI is InChI=1S/C15H16BrNO2/c1-9-4-5-12(8-10(9)2)11(3)17-15(18)13-6-7-14(16)19-13/h4-8,11H,1-3H3,(H,17,18)/t11-/m0/s1. The predicted molar refractivity (Wildman–Crippen MR) is 78.2 cm³/mol. The molecule has 1 atom stereocenters. The van der Waals surface area contributed by atoms with Gasteiger partial charge in [-0.05, 0) is 65.5 Å². The van der Waals surface area contributed by atoms with E-state index in [4.69, 9.17) is 4.42 Å². The monoisotopic (exact) mass is 321 g/mol. The Labute approximate surface area is 121 Å². The summed E-state index contributed by atoms with van der Waals surface area (Å²) >= 11 is 3.18. The van der Waals surface area contributed by atoms with Gasteiger partial charge in [0.05, 0.1) is 6.04 Å². The van der Waals surface area contributed by atoms with Crippen molar-refractivity contribution < 1.29 is 9.21 Å². The third-order valence-corrected chi connectivity index (χ3v) is 3.60. The number of aryl methyl sites for hydroxylation is 2. The fourth-order valence-corrected chi connectivity index (χ4v) is 2.13. The van der Waals surface area contributed by atoms with E-state index in [0.717, 1.165) is 5.56 Å². The normalized spacial score (nSPS) is 12.2. The van der Waals surface area contributed by atoms with Gasteiger partial charge in [-0.25, -0.2) is 0 Å². The molecule has 19 heavy (non-hydrogen) atoms. The van der Waals surface area contributed by atoms with E-state index in [-0.39, 0.29) is 11.9 Å². The van der Waals surface area contributed by atoms with Crippen LogP contribution in [0.5, 0.6) is 0 Å². The molecule has 1 aromatic carbocycles. The summed E-state index contributed by atoms with van der Waals surface area (Å²) in [7, 11) is 0. The van der Waals surface area contributed by atoms with Gasteiger partial charge >= 0.3 is 0 Å². The number of benzene rings is 1. The lowest BCUT2D eigenvalue weighted by atomic mass is 10.0. The minimum absolute atomic E-state index is 0.0596. The number of nitrogens with one attached hydrogen (secondary N) is 1. The summed E-state index contributed by atoms with van der Waals surface area (Å²) in [5.74, 6) is 0.0963. The largest absolute Gasteiger partial charge is 0.444 e. The maximum Gasteiger partial charge on any atom is 0.287 e. The van der Waals surface area contributed by atoms with Crippen LogP contribution in [0.1, 0.15) is 40.2 Å². The lowest BCUT2D eigenvalue weighted by molar-refractivity contribution is 0.0910. The predicted octanol–water partition coefficient (Wildman–Crippen LogP) is 4.15. The molecule has 1 amide bonds. The first-order chi connectivity index (χ1) is 8.97. The van der Waals surface area contributed by atoms with E-state index in [9.17, 15) is 4.79 Å². The molecule has 0 saturated carbocycles. The fourth-order valence-electron chi connectivity index (χ4n) is 1.82. The van der Waals surface area contributed by atoms with Gasteiger partial charge in [0.25, 0.3) is 5.91 Å². The Bertz CT molecular complexity index is 604. The quantitative estimate of drug-likeness (QED) is 0.922. The minimum Gasteiger partial charge on any atom is -0.444 e.